The van der Waals surface area contributed by atoms with Gasteiger partial charge in [0.1, 0.15) is 35.8 Å². The van der Waals surface area contributed by atoms with Gasteiger partial charge in [0.2, 0.25) is 0 Å². The molecule has 0 radical (unpaired) electrons. The average molecular weight is 614 g/mol. The van der Waals surface area contributed by atoms with Crippen molar-refractivity contribution in [3.63, 3.8) is 0 Å². The highest BCUT2D eigenvalue weighted by molar-refractivity contribution is 7.46. The van der Waals surface area contributed by atoms with Crippen LogP contribution >= 0.6 is 7.82 Å². The Morgan fingerprint density at radius 3 is 2.17 bits per heavy atom. The van der Waals surface area contributed by atoms with Gasteiger partial charge in [-0.05, 0) is 36.8 Å². The van der Waals surface area contributed by atoms with Crippen LogP contribution < -0.4 is 15.5 Å². The van der Waals surface area contributed by atoms with E-state index in [1.165, 1.54) is 30.1 Å². The Morgan fingerprint density at radius 2 is 1.57 bits per heavy atom. The Bertz CT molecular complexity index is 1560. The molecule has 3 aromatic carbocycles. The van der Waals surface area contributed by atoms with E-state index in [0.29, 0.717) is 17.7 Å². The Labute approximate surface area is 235 Å². The molecule has 3 amide bonds. The van der Waals surface area contributed by atoms with Crippen molar-refractivity contribution < 1.29 is 50.4 Å². The van der Waals surface area contributed by atoms with E-state index in [4.69, 9.17) is 9.79 Å². The first-order valence-electron chi connectivity index (χ1n) is 12.2. The van der Waals surface area contributed by atoms with Crippen molar-refractivity contribution in [1.29, 1.82) is 0 Å². The van der Waals surface area contributed by atoms with Gasteiger partial charge < -0.3 is 25.3 Å². The van der Waals surface area contributed by atoms with Crippen LogP contribution in [0, 0.1) is 29.1 Å². The minimum atomic E-state index is -4.82. The summed E-state index contributed by atoms with van der Waals surface area (Å²) in [7, 11) is -3.34. The van der Waals surface area contributed by atoms with E-state index < -0.39 is 85.8 Å². The summed E-state index contributed by atoms with van der Waals surface area (Å²) in [6, 6.07) is 5.76. The number of carbonyl (C=O) groups is 2. The molecule has 4 rings (SSSR count). The topological polar surface area (TPSA) is 131 Å². The number of nitrogens with one attached hydrogen (secondary N) is 2. The Hall–Kier alpha value is -4.04. The monoisotopic (exact) mass is 614 g/mol. The van der Waals surface area contributed by atoms with Gasteiger partial charge in [0.05, 0.1) is 18.3 Å². The minimum Gasteiger partial charge on any atom is -0.362 e. The summed E-state index contributed by atoms with van der Waals surface area (Å²) in [5.74, 6) is -6.45. The van der Waals surface area contributed by atoms with Gasteiger partial charge in [0, 0.05) is 48.1 Å². The number of benzene rings is 3. The fourth-order valence-corrected chi connectivity index (χ4v) is 4.55. The maximum absolute atomic E-state index is 15.0. The molecule has 42 heavy (non-hydrogen) atoms. The average Bonchev–Trinajstić information content (AvgIpc) is 2.89. The summed E-state index contributed by atoms with van der Waals surface area (Å²) in [6.07, 6.45) is 0. The number of phosphoric ester groups is 1. The van der Waals surface area contributed by atoms with Crippen LogP contribution in [0.5, 0.6) is 0 Å². The Morgan fingerprint density at radius 1 is 0.976 bits per heavy atom. The van der Waals surface area contributed by atoms with Crippen molar-refractivity contribution in [2.75, 3.05) is 24.0 Å². The first-order valence-corrected chi connectivity index (χ1v) is 13.7. The molecule has 1 aliphatic heterocycles. The zero-order valence-electron chi connectivity index (χ0n) is 22.0. The van der Waals surface area contributed by atoms with Crippen LogP contribution in [0.2, 0.25) is 0 Å². The highest BCUT2D eigenvalue weighted by Crippen LogP contribution is 2.38. The number of hydrogen-bond donors (Lipinski definition) is 4. The van der Waals surface area contributed by atoms with Gasteiger partial charge >= 0.3 is 13.9 Å². The standard InChI is InChI=1S/C26H24F5N4O6P/c1-13-17-4-3-14(25(36)32-10-18-20(28)6-15(27)7-21(18)29)5-24(17)35(26(37)34(13)2)11-19-22(30)8-16(9-23(19)31)33-12-41-42(38,39)40/h3-9,13,33H,10-12H2,1-2H3,(H,32,36)(H2,38,39,40)/t13-/m0/s1. The Balaban J connectivity index is 1.60. The lowest BCUT2D eigenvalue weighted by Crippen LogP contribution is -2.47. The fraction of sp³-hybridized carbons (Fsp3) is 0.231. The molecule has 1 atom stereocenters. The predicted octanol–water partition coefficient (Wildman–Crippen LogP) is 4.92. The van der Waals surface area contributed by atoms with Crippen LogP contribution in [0.1, 0.15) is 40.0 Å². The molecule has 0 aliphatic carbocycles. The van der Waals surface area contributed by atoms with Crippen molar-refractivity contribution in [2.45, 2.75) is 26.1 Å². The molecular weight excluding hydrogens is 590 g/mol. The summed E-state index contributed by atoms with van der Waals surface area (Å²) in [6.45, 7) is -0.244. The number of urea groups is 1. The number of amides is 3. The molecule has 0 spiro atoms. The van der Waals surface area contributed by atoms with Crippen LogP contribution in [0.4, 0.5) is 38.1 Å². The summed E-state index contributed by atoms with van der Waals surface area (Å²) in [4.78, 5) is 45.9. The molecule has 1 heterocycles. The van der Waals surface area contributed by atoms with E-state index in [0.717, 1.165) is 17.0 Å². The van der Waals surface area contributed by atoms with Crippen molar-refractivity contribution in [3.05, 3.63) is 93.8 Å². The molecule has 1 aliphatic rings. The summed E-state index contributed by atoms with van der Waals surface area (Å²) in [5.41, 5.74) is -0.600. The van der Waals surface area contributed by atoms with Gasteiger partial charge in [-0.1, -0.05) is 6.07 Å². The summed E-state index contributed by atoms with van der Waals surface area (Å²) >= 11 is 0. The molecule has 0 fully saturated rings. The molecule has 4 N–H and O–H groups in total. The molecule has 0 unspecified atom stereocenters. The maximum Gasteiger partial charge on any atom is 0.471 e. The number of phosphoric acid groups is 1. The van der Waals surface area contributed by atoms with Gasteiger partial charge in [-0.25, -0.2) is 31.3 Å². The van der Waals surface area contributed by atoms with Crippen LogP contribution in [0.15, 0.2) is 42.5 Å². The quantitative estimate of drug-likeness (QED) is 0.153. The zero-order valence-corrected chi connectivity index (χ0v) is 22.9. The third kappa shape index (κ3) is 6.71. The molecule has 224 valence electrons. The van der Waals surface area contributed by atoms with E-state index in [-0.39, 0.29) is 16.9 Å². The summed E-state index contributed by atoms with van der Waals surface area (Å²) in [5, 5.41) is 4.64. The molecule has 16 heteroatoms. The second-order valence-corrected chi connectivity index (χ2v) is 10.6. The van der Waals surface area contributed by atoms with Crippen LogP contribution in [-0.4, -0.2) is 40.4 Å². The number of halogens is 5. The SMILES string of the molecule is C[C@H]1c2ccc(C(=O)NCc3c(F)cc(F)cc3F)cc2N(Cc2c(F)cc(NCOP(=O)(O)O)cc2F)C(=O)N1C. The van der Waals surface area contributed by atoms with Gasteiger partial charge in [-0.15, -0.1) is 0 Å². The minimum absolute atomic E-state index is 0.0308. The van der Waals surface area contributed by atoms with E-state index in [1.807, 2.05) is 0 Å². The van der Waals surface area contributed by atoms with Crippen molar-refractivity contribution in [2.24, 2.45) is 0 Å². The lowest BCUT2D eigenvalue weighted by molar-refractivity contribution is 0.0950. The zero-order chi connectivity index (χ0) is 30.9. The number of anilines is 2. The smallest absolute Gasteiger partial charge is 0.362 e. The van der Waals surface area contributed by atoms with E-state index in [2.05, 4.69) is 15.2 Å². The number of hydrogen-bond acceptors (Lipinski definition) is 5. The van der Waals surface area contributed by atoms with Gasteiger partial charge in [-0.2, -0.15) is 0 Å². The highest BCUT2D eigenvalue weighted by atomic mass is 31.2. The van der Waals surface area contributed by atoms with Crippen LogP contribution in [-0.2, 0) is 22.2 Å². The normalized spacial score (nSPS) is 15.1. The number of carbonyl (C=O) groups excluding carboxylic acids is 2. The van der Waals surface area contributed by atoms with Gasteiger partial charge in [0.25, 0.3) is 5.91 Å². The molecule has 10 nitrogen and oxygen atoms in total. The molecule has 0 aromatic heterocycles. The molecule has 0 saturated carbocycles. The van der Waals surface area contributed by atoms with Crippen LogP contribution in [0.3, 0.4) is 0 Å². The van der Waals surface area contributed by atoms with Crippen molar-refractivity contribution in [1.82, 2.24) is 10.2 Å². The molecular formula is C26H24F5N4O6P. The first kappa shape index (κ1) is 30.9. The Kier molecular flexibility index (Phi) is 8.87. The van der Waals surface area contributed by atoms with E-state index in [9.17, 15) is 36.1 Å². The third-order valence-electron chi connectivity index (χ3n) is 6.64. The third-order valence-corrected chi connectivity index (χ3v) is 7.11. The molecule has 0 saturated heterocycles. The predicted molar refractivity (Wildman–Crippen MR) is 140 cm³/mol. The van der Waals surface area contributed by atoms with Gasteiger partial charge in [-0.3, -0.25) is 14.2 Å². The largest absolute Gasteiger partial charge is 0.471 e. The van der Waals surface area contributed by atoms with E-state index in [1.54, 1.807) is 6.92 Å². The second-order valence-electron chi connectivity index (χ2n) is 9.32. The van der Waals surface area contributed by atoms with Gasteiger partial charge in [0.15, 0.2) is 0 Å². The highest BCUT2D eigenvalue weighted by Gasteiger charge is 2.35. The fourth-order valence-electron chi connectivity index (χ4n) is 4.32. The summed E-state index contributed by atoms with van der Waals surface area (Å²) < 4.78 is 86.1. The first-order chi connectivity index (χ1) is 19.7. The van der Waals surface area contributed by atoms with Crippen LogP contribution in [0.25, 0.3) is 0 Å². The van der Waals surface area contributed by atoms with Crippen molar-refractivity contribution >= 4 is 31.1 Å². The lowest BCUT2D eigenvalue weighted by Gasteiger charge is -2.39. The molecule has 0 bridgehead atoms. The lowest BCUT2D eigenvalue weighted by atomic mass is 9.98. The number of fused-ring (bicyclic) bond motifs is 1. The number of nitrogens with zero attached hydrogens (tertiary/aromatic N) is 2. The second kappa shape index (κ2) is 12.1. The number of rotatable bonds is 9. The molecule has 3 aromatic rings. The van der Waals surface area contributed by atoms with Crippen molar-refractivity contribution in [3.8, 4) is 0 Å². The van der Waals surface area contributed by atoms with E-state index >= 15 is 0 Å². The maximum atomic E-state index is 15.0.